The molecule has 1 atom stereocenters. The zero-order valence-electron chi connectivity index (χ0n) is 14.0. The summed E-state index contributed by atoms with van der Waals surface area (Å²) in [6, 6.07) is 4.15. The first-order chi connectivity index (χ1) is 11.0. The topological polar surface area (TPSA) is 54.5 Å². The van der Waals surface area contributed by atoms with Crippen LogP contribution in [0.25, 0.3) is 0 Å². The van der Waals surface area contributed by atoms with Crippen LogP contribution in [0.5, 0.6) is 0 Å². The van der Waals surface area contributed by atoms with Crippen molar-refractivity contribution in [3.8, 4) is 0 Å². The number of aryl methyl sites for hydroxylation is 2. The molecule has 1 fully saturated rings. The number of carbonyl (C=O) groups is 1. The van der Waals surface area contributed by atoms with Gasteiger partial charge in [0.15, 0.2) is 0 Å². The fourth-order valence-electron chi connectivity index (χ4n) is 3.19. The van der Waals surface area contributed by atoms with Crippen molar-refractivity contribution in [1.29, 1.82) is 0 Å². The summed E-state index contributed by atoms with van der Waals surface area (Å²) in [5, 5.41) is 4.25. The Kier molecular flexibility index (Phi) is 4.52. The highest BCUT2D eigenvalue weighted by Crippen LogP contribution is 2.31. The van der Waals surface area contributed by atoms with Crippen LogP contribution in [0, 0.1) is 6.92 Å². The Labute approximate surface area is 136 Å². The van der Waals surface area contributed by atoms with E-state index in [2.05, 4.69) is 10.00 Å². The van der Waals surface area contributed by atoms with E-state index >= 15 is 0 Å². The molecule has 1 aliphatic heterocycles. The van der Waals surface area contributed by atoms with Gasteiger partial charge in [0, 0.05) is 31.9 Å². The fourth-order valence-corrected chi connectivity index (χ4v) is 3.19. The maximum Gasteiger partial charge on any atom is 0.236 e. The number of likely N-dealkylation sites (N-methyl/N-ethyl adjacent to an activating group) is 1. The van der Waals surface area contributed by atoms with Crippen LogP contribution in [-0.4, -0.2) is 45.6 Å². The molecular formula is C17H24N4O2. The minimum atomic E-state index is 0.120. The molecule has 0 aromatic carbocycles. The van der Waals surface area contributed by atoms with Crippen LogP contribution in [0.15, 0.2) is 28.9 Å². The van der Waals surface area contributed by atoms with Crippen LogP contribution in [-0.2, 0) is 18.4 Å². The van der Waals surface area contributed by atoms with Crippen LogP contribution in [0.3, 0.4) is 0 Å². The highest BCUT2D eigenvalue weighted by atomic mass is 16.3. The maximum absolute atomic E-state index is 12.5. The van der Waals surface area contributed by atoms with Gasteiger partial charge in [0.25, 0.3) is 0 Å². The first-order valence-corrected chi connectivity index (χ1v) is 8.05. The third-order valence-corrected chi connectivity index (χ3v) is 4.43. The van der Waals surface area contributed by atoms with Crippen LogP contribution >= 0.6 is 0 Å². The summed E-state index contributed by atoms with van der Waals surface area (Å²) in [7, 11) is 3.75. The van der Waals surface area contributed by atoms with E-state index in [-0.39, 0.29) is 5.91 Å². The molecule has 6 nitrogen and oxygen atoms in total. The minimum Gasteiger partial charge on any atom is -0.464 e. The highest BCUT2D eigenvalue weighted by molar-refractivity contribution is 5.78. The van der Waals surface area contributed by atoms with Crippen LogP contribution in [0.2, 0.25) is 0 Å². The van der Waals surface area contributed by atoms with Crippen molar-refractivity contribution in [2.75, 3.05) is 20.1 Å². The fraction of sp³-hybridized carbons (Fsp3) is 0.529. The lowest BCUT2D eigenvalue weighted by Crippen LogP contribution is -2.37. The maximum atomic E-state index is 12.5. The molecule has 1 unspecified atom stereocenters. The van der Waals surface area contributed by atoms with Crippen molar-refractivity contribution >= 4 is 5.91 Å². The second kappa shape index (κ2) is 6.58. The molecule has 6 heteroatoms. The van der Waals surface area contributed by atoms with Crippen molar-refractivity contribution in [3.63, 3.8) is 0 Å². The van der Waals surface area contributed by atoms with Crippen LogP contribution < -0.4 is 0 Å². The predicted octanol–water partition coefficient (Wildman–Crippen LogP) is 2.12. The van der Waals surface area contributed by atoms with E-state index < -0.39 is 0 Å². The molecule has 0 aliphatic carbocycles. The van der Waals surface area contributed by atoms with Gasteiger partial charge in [-0.1, -0.05) is 0 Å². The Morgan fingerprint density at radius 2 is 2.30 bits per heavy atom. The molecule has 1 saturated heterocycles. The number of carbonyl (C=O) groups excluding carboxylic acids is 1. The molecule has 23 heavy (non-hydrogen) atoms. The molecule has 0 spiro atoms. The summed E-state index contributed by atoms with van der Waals surface area (Å²) in [6.07, 6.45) is 6.15. The second-order valence-corrected chi connectivity index (χ2v) is 6.34. The van der Waals surface area contributed by atoms with Crippen LogP contribution in [0.1, 0.15) is 36.0 Å². The zero-order valence-corrected chi connectivity index (χ0v) is 14.0. The van der Waals surface area contributed by atoms with E-state index in [0.717, 1.165) is 30.9 Å². The standard InChI is InChI=1S/C17H24N4O2/c1-13-6-7-15(23-13)11-19(2)17(22)12-21-8-4-5-16(21)14-9-18-20(3)10-14/h6-7,9-10,16H,4-5,8,11-12H2,1-3H3. The molecular weight excluding hydrogens is 292 g/mol. The third-order valence-electron chi connectivity index (χ3n) is 4.43. The Hall–Kier alpha value is -2.08. The van der Waals surface area contributed by atoms with Gasteiger partial charge in [-0.3, -0.25) is 14.4 Å². The van der Waals surface area contributed by atoms with Crippen molar-refractivity contribution in [2.24, 2.45) is 7.05 Å². The van der Waals surface area contributed by atoms with Crippen molar-refractivity contribution < 1.29 is 9.21 Å². The first-order valence-electron chi connectivity index (χ1n) is 8.05. The summed E-state index contributed by atoms with van der Waals surface area (Å²) in [4.78, 5) is 16.5. The van der Waals surface area contributed by atoms with Gasteiger partial charge in [0.1, 0.15) is 11.5 Å². The van der Waals surface area contributed by atoms with E-state index in [1.165, 1.54) is 5.56 Å². The summed E-state index contributed by atoms with van der Waals surface area (Å²) in [5.74, 6) is 1.82. The lowest BCUT2D eigenvalue weighted by molar-refractivity contribution is -0.132. The number of furan rings is 1. The van der Waals surface area contributed by atoms with E-state index in [4.69, 9.17) is 4.42 Å². The molecule has 1 amide bonds. The van der Waals surface area contributed by atoms with Gasteiger partial charge in [-0.2, -0.15) is 5.10 Å². The summed E-state index contributed by atoms with van der Waals surface area (Å²) in [5.41, 5.74) is 1.20. The van der Waals surface area contributed by atoms with E-state index in [1.54, 1.807) is 4.90 Å². The van der Waals surface area contributed by atoms with Gasteiger partial charge in [-0.25, -0.2) is 0 Å². The van der Waals surface area contributed by atoms with Gasteiger partial charge in [-0.05, 0) is 38.4 Å². The summed E-state index contributed by atoms with van der Waals surface area (Å²) < 4.78 is 7.37. The summed E-state index contributed by atoms with van der Waals surface area (Å²) in [6.45, 7) is 3.82. The second-order valence-electron chi connectivity index (χ2n) is 6.34. The molecule has 0 saturated carbocycles. The van der Waals surface area contributed by atoms with Gasteiger partial charge in [0.05, 0.1) is 19.3 Å². The van der Waals surface area contributed by atoms with Crippen molar-refractivity contribution in [3.05, 3.63) is 41.6 Å². The quantitative estimate of drug-likeness (QED) is 0.848. The van der Waals surface area contributed by atoms with Gasteiger partial charge in [-0.15, -0.1) is 0 Å². The lowest BCUT2D eigenvalue weighted by Gasteiger charge is -2.25. The number of amides is 1. The smallest absolute Gasteiger partial charge is 0.236 e. The number of rotatable bonds is 5. The Bertz CT molecular complexity index is 676. The Balaban J connectivity index is 1.60. The van der Waals surface area contributed by atoms with Crippen molar-refractivity contribution in [1.82, 2.24) is 19.6 Å². The SMILES string of the molecule is Cc1ccc(CN(C)C(=O)CN2CCCC2c2cnn(C)c2)o1. The number of hydrogen-bond donors (Lipinski definition) is 0. The number of nitrogens with zero attached hydrogens (tertiary/aromatic N) is 4. The lowest BCUT2D eigenvalue weighted by atomic mass is 10.1. The minimum absolute atomic E-state index is 0.120. The highest BCUT2D eigenvalue weighted by Gasteiger charge is 2.29. The van der Waals surface area contributed by atoms with E-state index in [1.807, 2.05) is 50.2 Å². The number of hydrogen-bond acceptors (Lipinski definition) is 4. The molecule has 3 heterocycles. The van der Waals surface area contributed by atoms with Crippen molar-refractivity contribution in [2.45, 2.75) is 32.4 Å². The van der Waals surface area contributed by atoms with Crippen LogP contribution in [0.4, 0.5) is 0 Å². The predicted molar refractivity (Wildman–Crippen MR) is 86.7 cm³/mol. The van der Waals surface area contributed by atoms with E-state index in [9.17, 15) is 4.79 Å². The molecule has 0 radical (unpaired) electrons. The normalized spacial score (nSPS) is 18.5. The van der Waals surface area contributed by atoms with E-state index in [0.29, 0.717) is 19.1 Å². The molecule has 2 aromatic rings. The van der Waals surface area contributed by atoms with Gasteiger partial charge < -0.3 is 9.32 Å². The van der Waals surface area contributed by atoms with Gasteiger partial charge in [0.2, 0.25) is 5.91 Å². The molecule has 2 aromatic heterocycles. The third kappa shape index (κ3) is 3.64. The average molecular weight is 316 g/mol. The molecule has 124 valence electrons. The Morgan fingerprint density at radius 1 is 1.48 bits per heavy atom. The zero-order chi connectivity index (χ0) is 16.4. The monoisotopic (exact) mass is 316 g/mol. The number of aromatic nitrogens is 2. The largest absolute Gasteiger partial charge is 0.464 e. The molecule has 0 N–H and O–H groups in total. The number of likely N-dealkylation sites (tertiary alicyclic amines) is 1. The molecule has 3 rings (SSSR count). The molecule has 0 bridgehead atoms. The Morgan fingerprint density at radius 3 is 2.96 bits per heavy atom. The summed E-state index contributed by atoms with van der Waals surface area (Å²) >= 11 is 0. The molecule has 1 aliphatic rings. The first kappa shape index (κ1) is 15.8. The average Bonchev–Trinajstić information content (AvgIpc) is 3.21. The van der Waals surface area contributed by atoms with Gasteiger partial charge >= 0.3 is 0 Å².